The van der Waals surface area contributed by atoms with Crippen LogP contribution in [0.5, 0.6) is 11.5 Å². The van der Waals surface area contributed by atoms with Crippen LogP contribution >= 0.6 is 0 Å². The highest BCUT2D eigenvalue weighted by molar-refractivity contribution is 7.93. The van der Waals surface area contributed by atoms with E-state index < -0.39 is 21.2 Å². The Kier molecular flexibility index (Phi) is 7.74. The van der Waals surface area contributed by atoms with Gasteiger partial charge in [-0.25, -0.2) is 8.42 Å². The molecule has 0 radical (unpaired) electrons. The fraction of sp³-hybridized carbons (Fsp3) is 0.500. The van der Waals surface area contributed by atoms with Crippen molar-refractivity contribution in [3.05, 3.63) is 47.8 Å². The molecule has 1 aliphatic rings. The maximum Gasteiger partial charge on any atom is 0.243 e. The van der Waals surface area contributed by atoms with Gasteiger partial charge in [-0.15, -0.1) is 10.2 Å². The van der Waals surface area contributed by atoms with Gasteiger partial charge in [-0.05, 0) is 38.8 Å². The van der Waals surface area contributed by atoms with Crippen molar-refractivity contribution in [2.24, 2.45) is 0 Å². The van der Waals surface area contributed by atoms with Crippen molar-refractivity contribution in [2.45, 2.75) is 50.7 Å². The lowest BCUT2D eigenvalue weighted by Crippen LogP contribution is -2.31. The Bertz CT molecular complexity index is 1270. The largest absolute Gasteiger partial charge is 0.494 e. The van der Waals surface area contributed by atoms with Gasteiger partial charge in [0.05, 0.1) is 37.5 Å². The molecule has 0 bridgehead atoms. The van der Waals surface area contributed by atoms with Crippen LogP contribution < -0.4 is 14.2 Å². The molecule has 0 spiro atoms. The summed E-state index contributed by atoms with van der Waals surface area (Å²) in [5.74, 6) is 1.11. The molecule has 3 atom stereocenters. The summed E-state index contributed by atoms with van der Waals surface area (Å²) in [7, 11) is -0.824. The first-order valence-electron chi connectivity index (χ1n) is 11.8. The molecule has 0 amide bonds. The van der Waals surface area contributed by atoms with Crippen molar-refractivity contribution < 1.29 is 22.6 Å². The second-order valence-electron chi connectivity index (χ2n) is 8.87. The Hall–Kier alpha value is -3.25. The zero-order valence-corrected chi connectivity index (χ0v) is 21.9. The molecule has 12 heteroatoms. The lowest BCUT2D eigenvalue weighted by atomic mass is 10.0. The van der Waals surface area contributed by atoms with Crippen LogP contribution in [0.25, 0.3) is 5.69 Å². The van der Waals surface area contributed by atoms with Crippen LogP contribution in [0.1, 0.15) is 55.7 Å². The third-order valence-corrected chi connectivity index (χ3v) is 8.39. The number of nitrogens with zero attached hydrogens (tertiary/aromatic N) is 5. The minimum Gasteiger partial charge on any atom is -0.494 e. The topological polar surface area (TPSA) is 130 Å². The Morgan fingerprint density at radius 1 is 1.11 bits per heavy atom. The van der Waals surface area contributed by atoms with Gasteiger partial charge in [-0.2, -0.15) is 0 Å². The van der Waals surface area contributed by atoms with Gasteiger partial charge in [0.2, 0.25) is 16.0 Å². The van der Waals surface area contributed by atoms with Crippen molar-refractivity contribution in [1.29, 1.82) is 0 Å². The Balaban J connectivity index is 1.77. The highest BCUT2D eigenvalue weighted by atomic mass is 32.2. The van der Waals surface area contributed by atoms with Gasteiger partial charge in [-0.1, -0.05) is 13.0 Å². The number of nitrogens with one attached hydrogen (secondary N) is 1. The summed E-state index contributed by atoms with van der Waals surface area (Å²) < 4.78 is 48.3. The van der Waals surface area contributed by atoms with E-state index in [1.54, 1.807) is 56.3 Å². The summed E-state index contributed by atoms with van der Waals surface area (Å²) in [6.45, 7) is 6.41. The van der Waals surface area contributed by atoms with Crippen LogP contribution in [0.15, 0.2) is 30.6 Å². The standard InChI is InChI=1S/C24H32N6O5S/c1-15-12-26-19(13-25-15)16(2)17(3)36(31,32)29-24-28-27-23(18-8-7-11-35-14-18)30(24)22-20(33-4)9-6-10-21(22)34-5/h6,9-10,12-13,16-18H,7-8,11,14H2,1-5H3,(H,28,29)/t16?,17?,18-/m0/s1. The maximum absolute atomic E-state index is 13.5. The molecular weight excluding hydrogens is 484 g/mol. The molecule has 1 fully saturated rings. The van der Waals surface area contributed by atoms with Crippen molar-refractivity contribution in [1.82, 2.24) is 24.7 Å². The quantitative estimate of drug-likeness (QED) is 0.455. The summed E-state index contributed by atoms with van der Waals surface area (Å²) >= 11 is 0. The molecule has 11 nitrogen and oxygen atoms in total. The number of rotatable bonds is 9. The molecular formula is C24H32N6O5S. The van der Waals surface area contributed by atoms with E-state index in [9.17, 15) is 8.42 Å². The van der Waals surface area contributed by atoms with E-state index in [0.717, 1.165) is 18.5 Å². The molecule has 4 rings (SSSR count). The first-order chi connectivity index (χ1) is 17.3. The van der Waals surface area contributed by atoms with Gasteiger partial charge in [0, 0.05) is 30.8 Å². The minimum atomic E-state index is -3.91. The minimum absolute atomic E-state index is 0.0485. The molecule has 1 N–H and O–H groups in total. The monoisotopic (exact) mass is 516 g/mol. The predicted molar refractivity (Wildman–Crippen MR) is 134 cm³/mol. The number of para-hydroxylation sites is 1. The van der Waals surface area contributed by atoms with Crippen molar-refractivity contribution >= 4 is 16.0 Å². The van der Waals surface area contributed by atoms with Gasteiger partial charge in [0.25, 0.3) is 0 Å². The second kappa shape index (κ2) is 10.8. The number of methoxy groups -OCH3 is 2. The van der Waals surface area contributed by atoms with Crippen molar-refractivity contribution in [3.63, 3.8) is 0 Å². The molecule has 36 heavy (non-hydrogen) atoms. The summed E-state index contributed by atoms with van der Waals surface area (Å²) in [5, 5.41) is 7.82. The number of hydrogen-bond acceptors (Lipinski definition) is 9. The maximum atomic E-state index is 13.5. The van der Waals surface area contributed by atoms with Crippen LogP contribution in [-0.2, 0) is 14.8 Å². The van der Waals surface area contributed by atoms with E-state index in [1.165, 1.54) is 0 Å². The van der Waals surface area contributed by atoms with E-state index in [-0.39, 0.29) is 11.9 Å². The molecule has 1 aliphatic heterocycles. The molecule has 2 unspecified atom stereocenters. The first-order valence-corrected chi connectivity index (χ1v) is 13.4. The smallest absolute Gasteiger partial charge is 0.243 e. The number of sulfonamides is 1. The van der Waals surface area contributed by atoms with Gasteiger partial charge in [0.1, 0.15) is 23.0 Å². The number of hydrogen-bond donors (Lipinski definition) is 1. The average molecular weight is 517 g/mol. The number of benzene rings is 1. The fourth-order valence-corrected chi connectivity index (χ4v) is 5.46. The third kappa shape index (κ3) is 5.14. The zero-order chi connectivity index (χ0) is 25.9. The van der Waals surface area contributed by atoms with Gasteiger partial charge < -0.3 is 14.2 Å². The van der Waals surface area contributed by atoms with Crippen LogP contribution in [0.4, 0.5) is 5.95 Å². The van der Waals surface area contributed by atoms with E-state index in [0.29, 0.717) is 41.9 Å². The third-order valence-electron chi connectivity index (χ3n) is 6.53. The molecule has 1 saturated heterocycles. The second-order valence-corrected chi connectivity index (χ2v) is 10.9. The normalized spacial score (nSPS) is 17.9. The molecule has 3 aromatic rings. The highest BCUT2D eigenvalue weighted by Gasteiger charge is 2.33. The molecule has 0 aliphatic carbocycles. The van der Waals surface area contributed by atoms with E-state index >= 15 is 0 Å². The highest BCUT2D eigenvalue weighted by Crippen LogP contribution is 2.38. The Labute approximate surface area is 211 Å². The first kappa shape index (κ1) is 25.8. The lowest BCUT2D eigenvalue weighted by molar-refractivity contribution is 0.0775. The van der Waals surface area contributed by atoms with Crippen LogP contribution in [0.3, 0.4) is 0 Å². The number of anilines is 1. The molecule has 3 heterocycles. The zero-order valence-electron chi connectivity index (χ0n) is 21.1. The molecule has 2 aromatic heterocycles. The number of aromatic nitrogens is 5. The van der Waals surface area contributed by atoms with Crippen LogP contribution in [0, 0.1) is 6.92 Å². The number of aryl methyl sites for hydroxylation is 1. The van der Waals surface area contributed by atoms with Crippen molar-refractivity contribution in [2.75, 3.05) is 32.2 Å². The van der Waals surface area contributed by atoms with Gasteiger partial charge in [0.15, 0.2) is 0 Å². The summed E-state index contributed by atoms with van der Waals surface area (Å²) in [4.78, 5) is 8.61. The number of ether oxygens (including phenoxy) is 3. The molecule has 194 valence electrons. The SMILES string of the molecule is COc1cccc(OC)c1-n1c(NS(=O)(=O)C(C)C(C)c2cnc(C)cn2)nnc1[C@H]1CCCOC1. The molecule has 1 aromatic carbocycles. The van der Waals surface area contributed by atoms with Gasteiger partial charge >= 0.3 is 0 Å². The van der Waals surface area contributed by atoms with Crippen LogP contribution in [-0.4, -0.2) is 65.8 Å². The fourth-order valence-electron chi connectivity index (χ4n) is 4.21. The Morgan fingerprint density at radius 2 is 1.83 bits per heavy atom. The summed E-state index contributed by atoms with van der Waals surface area (Å²) in [6.07, 6.45) is 4.94. The predicted octanol–water partition coefficient (Wildman–Crippen LogP) is 3.21. The van der Waals surface area contributed by atoms with Crippen molar-refractivity contribution in [3.8, 4) is 17.2 Å². The lowest BCUT2D eigenvalue weighted by Gasteiger charge is -2.24. The summed E-state index contributed by atoms with van der Waals surface area (Å²) in [5.41, 5.74) is 1.86. The van der Waals surface area contributed by atoms with E-state index in [2.05, 4.69) is 24.9 Å². The molecule has 0 saturated carbocycles. The van der Waals surface area contributed by atoms with Crippen LogP contribution in [0.2, 0.25) is 0 Å². The average Bonchev–Trinajstić information content (AvgIpc) is 3.30. The van der Waals surface area contributed by atoms with E-state index in [4.69, 9.17) is 14.2 Å². The Morgan fingerprint density at radius 3 is 2.42 bits per heavy atom. The summed E-state index contributed by atoms with van der Waals surface area (Å²) in [6, 6.07) is 5.35. The van der Waals surface area contributed by atoms with E-state index in [1.807, 2.05) is 13.8 Å². The van der Waals surface area contributed by atoms with Gasteiger partial charge in [-0.3, -0.25) is 19.3 Å².